The largest absolute Gasteiger partial charge is 0.464 e. The van der Waals surface area contributed by atoms with Gasteiger partial charge in [0.15, 0.2) is 0 Å². The van der Waals surface area contributed by atoms with Crippen molar-refractivity contribution in [2.24, 2.45) is 0 Å². The zero-order valence-electron chi connectivity index (χ0n) is 10.6. The minimum Gasteiger partial charge on any atom is -0.438 e. The molecule has 0 amide bonds. The third-order valence-corrected chi connectivity index (χ3v) is 5.82. The Morgan fingerprint density at radius 3 is 1.67 bits per heavy atom. The zero-order valence-corrected chi connectivity index (χ0v) is 12.7. The molecule has 0 spiro atoms. The molecule has 0 atom stereocenters. The van der Waals surface area contributed by atoms with Gasteiger partial charge in [0.05, 0.1) is 12.2 Å². The van der Waals surface area contributed by atoms with Gasteiger partial charge in [0.25, 0.3) is 7.57 Å². The molecule has 0 aromatic carbocycles. The monoisotopic (exact) mass is 248 g/mol. The van der Waals surface area contributed by atoms with Crippen LogP contribution in [0.4, 0.5) is 0 Å². The lowest BCUT2D eigenvalue weighted by Crippen LogP contribution is -2.15. The van der Waals surface area contributed by atoms with Crippen molar-refractivity contribution in [1.82, 2.24) is 0 Å². The van der Waals surface area contributed by atoms with E-state index in [-0.39, 0.29) is 12.2 Å². The Bertz CT molecular complexity index is 224. The molecule has 0 aliphatic rings. The van der Waals surface area contributed by atoms with Gasteiger partial charge < -0.3 is 12.6 Å². The van der Waals surface area contributed by atoms with E-state index in [0.29, 0.717) is 0 Å². The molecule has 0 radical (unpaired) electrons. The van der Waals surface area contributed by atoms with Crippen LogP contribution in [-0.4, -0.2) is 32.1 Å². The molecule has 0 saturated carbocycles. The predicted octanol–water partition coefficient (Wildman–Crippen LogP) is 3.45. The molecule has 0 aliphatic heterocycles. The van der Waals surface area contributed by atoms with Gasteiger partial charge in [0, 0.05) is 0 Å². The van der Waals surface area contributed by atoms with Crippen LogP contribution in [0, 0.1) is 0 Å². The Labute approximate surface area is 98.4 Å². The van der Waals surface area contributed by atoms with Crippen LogP contribution < -0.4 is 0 Å². The lowest BCUT2D eigenvalue weighted by molar-refractivity contribution is 0.139. The van der Waals surface area contributed by atoms with Gasteiger partial charge in [0.2, 0.25) is 0 Å². The van der Waals surface area contributed by atoms with Crippen molar-refractivity contribution in [3.63, 3.8) is 0 Å². The molecule has 0 N–H and O–H groups in total. The summed E-state index contributed by atoms with van der Waals surface area (Å²) in [6.45, 7) is 11.5. The zero-order chi connectivity index (χ0) is 12.1. The Balaban J connectivity index is 4.86. The van der Waals surface area contributed by atoms with Gasteiger partial charge in [-0.15, -0.1) is 0 Å². The van der Waals surface area contributed by atoms with E-state index in [1.165, 1.54) is 0 Å². The van der Waals surface area contributed by atoms with Crippen molar-refractivity contribution in [2.75, 3.05) is 0 Å². The van der Waals surface area contributed by atoms with Crippen LogP contribution in [-0.2, 0) is 12.6 Å². The second-order valence-corrected chi connectivity index (χ2v) is 8.79. The molecule has 0 aromatic rings. The van der Waals surface area contributed by atoms with Crippen LogP contribution in [0.15, 0.2) is 6.58 Å². The minimum atomic E-state index is -2.44. The molecule has 0 unspecified atom stereocenters. The summed E-state index contributed by atoms with van der Waals surface area (Å²) in [5.41, 5.74) is 2.84. The van der Waals surface area contributed by atoms with Crippen molar-refractivity contribution in [2.45, 2.75) is 51.5 Å². The number of rotatable bonds is 6. The molecule has 15 heavy (non-hydrogen) atoms. The standard InChI is InChI=1S/C8H16O3P.2CH3.Al/c1-6-12(9,10-7(2)3)11-8(4)5;;;/h7-8H,1H2,2-5H3;2*1H3;/q-1;;;+1. The maximum Gasteiger partial charge on any atom is 0.464 e. The summed E-state index contributed by atoms with van der Waals surface area (Å²) in [6.07, 6.45) is 0.109. The van der Waals surface area contributed by atoms with Gasteiger partial charge in [-0.25, -0.2) is 0 Å². The maximum atomic E-state index is 5.84. The smallest absolute Gasteiger partial charge is 0.438 e. The Morgan fingerprint density at radius 2 is 1.47 bits per heavy atom. The molecule has 5 heteroatoms. The third kappa shape index (κ3) is 6.61. The van der Waals surface area contributed by atoms with E-state index in [1.54, 1.807) is 0 Å². The van der Waals surface area contributed by atoms with E-state index in [0.717, 1.165) is 0 Å². The first kappa shape index (κ1) is 15.5. The van der Waals surface area contributed by atoms with Crippen LogP contribution in [0.5, 0.6) is 0 Å². The third-order valence-electron chi connectivity index (χ3n) is 1.24. The normalized spacial score (nSPS) is 12.0. The molecule has 3 nitrogen and oxygen atoms in total. The van der Waals surface area contributed by atoms with Crippen molar-refractivity contribution in [3.05, 3.63) is 6.58 Å². The number of hydrogen-bond donors (Lipinski definition) is 0. The first-order chi connectivity index (χ1) is 6.81. The molecule has 0 bridgehead atoms. The van der Waals surface area contributed by atoms with E-state index < -0.39 is 22.0 Å². The van der Waals surface area contributed by atoms with Crippen molar-refractivity contribution >= 4 is 27.5 Å². The summed E-state index contributed by atoms with van der Waals surface area (Å²) < 4.78 is 17.3. The first-order valence-corrected chi connectivity index (χ1v) is 9.62. The van der Waals surface area contributed by atoms with Gasteiger partial charge in [-0.2, -0.15) is 0 Å². The summed E-state index contributed by atoms with van der Waals surface area (Å²) in [7, 11) is -2.44. The molecule has 0 heterocycles. The van der Waals surface area contributed by atoms with Crippen LogP contribution in [0.3, 0.4) is 0 Å². The van der Waals surface area contributed by atoms with E-state index in [4.69, 9.17) is 12.6 Å². The van der Waals surface area contributed by atoms with E-state index >= 15 is 0 Å². The summed E-state index contributed by atoms with van der Waals surface area (Å²) in [5, 5.41) is 0. The van der Waals surface area contributed by atoms with Gasteiger partial charge in [-0.3, -0.25) is 0 Å². The van der Waals surface area contributed by atoms with Crippen LogP contribution in [0.1, 0.15) is 27.7 Å². The average Bonchev–Trinajstić information content (AvgIpc) is 1.99. The Morgan fingerprint density at radius 1 is 1.07 bits per heavy atom. The molecule has 0 fully saturated rings. The summed E-state index contributed by atoms with van der Waals surface area (Å²) in [5.74, 6) is 4.17. The van der Waals surface area contributed by atoms with E-state index in [2.05, 4.69) is 23.6 Å². The quantitative estimate of drug-likeness (QED) is 0.532. The first-order valence-electron chi connectivity index (χ1n) is 5.30. The van der Waals surface area contributed by atoms with Crippen LogP contribution in [0.25, 0.3) is 0 Å². The Kier molecular flexibility index (Phi) is 7.17. The molecule has 0 aromatic heterocycles. The van der Waals surface area contributed by atoms with Crippen molar-refractivity contribution < 1.29 is 12.6 Å². The predicted molar refractivity (Wildman–Crippen MR) is 68.6 cm³/mol. The molecule has 0 saturated heterocycles. The molecular formula is C10H22AlO3P. The second kappa shape index (κ2) is 6.94. The fraction of sp³-hybridized carbons (Fsp3) is 0.800. The van der Waals surface area contributed by atoms with Crippen LogP contribution >= 0.6 is 7.57 Å². The lowest BCUT2D eigenvalue weighted by atomic mass is 10.5. The highest BCUT2D eigenvalue weighted by Gasteiger charge is 2.26. The van der Waals surface area contributed by atoms with Gasteiger partial charge in [0.1, 0.15) is 0 Å². The molecule has 0 rings (SSSR count). The van der Waals surface area contributed by atoms with Gasteiger partial charge in [-0.05, 0) is 27.7 Å². The SMILES string of the molecule is C=C=P(OC(C)C)(OC(C)C)[O][Al]([CH3])[CH3]. The minimum absolute atomic E-state index is 0.0547. The van der Waals surface area contributed by atoms with Gasteiger partial charge in [-0.1, -0.05) is 23.6 Å². The van der Waals surface area contributed by atoms with E-state index in [1.807, 2.05) is 27.7 Å². The van der Waals surface area contributed by atoms with Crippen molar-refractivity contribution in [3.8, 4) is 0 Å². The molecule has 0 aliphatic carbocycles. The number of hydrogen-bond acceptors (Lipinski definition) is 3. The fourth-order valence-corrected chi connectivity index (χ4v) is 5.24. The molecule has 88 valence electrons. The summed E-state index contributed by atoms with van der Waals surface area (Å²) in [4.78, 5) is 0. The topological polar surface area (TPSA) is 27.7 Å². The highest BCUT2D eigenvalue weighted by atomic mass is 31.2. The summed E-state index contributed by atoms with van der Waals surface area (Å²) >= 11 is -1.23. The summed E-state index contributed by atoms with van der Waals surface area (Å²) in [6, 6.07) is 0. The average molecular weight is 248 g/mol. The highest BCUT2D eigenvalue weighted by Crippen LogP contribution is 2.52. The molecular weight excluding hydrogens is 226 g/mol. The van der Waals surface area contributed by atoms with Gasteiger partial charge >= 0.3 is 14.5 Å². The second-order valence-electron chi connectivity index (χ2n) is 4.12. The highest BCUT2D eigenvalue weighted by molar-refractivity contribution is 7.61. The van der Waals surface area contributed by atoms with Crippen LogP contribution in [0.2, 0.25) is 11.6 Å². The lowest BCUT2D eigenvalue weighted by Gasteiger charge is -2.29. The fourth-order valence-electron chi connectivity index (χ4n) is 1.02. The maximum absolute atomic E-state index is 5.84. The van der Waals surface area contributed by atoms with Crippen molar-refractivity contribution in [1.29, 1.82) is 0 Å². The Hall–Kier alpha value is 0.492. The van der Waals surface area contributed by atoms with E-state index in [9.17, 15) is 0 Å².